The van der Waals surface area contributed by atoms with Gasteiger partial charge in [0, 0.05) is 0 Å². The summed E-state index contributed by atoms with van der Waals surface area (Å²) in [6.45, 7) is 5.43. The van der Waals surface area contributed by atoms with E-state index in [0.29, 0.717) is 0 Å². The van der Waals surface area contributed by atoms with Gasteiger partial charge in [0.2, 0.25) is 0 Å². The average molecular weight is 340 g/mol. The monoisotopic (exact) mass is 339 g/mol. The van der Waals surface area contributed by atoms with Gasteiger partial charge in [0.15, 0.2) is 0 Å². The minimum atomic E-state index is -0.134. The lowest BCUT2D eigenvalue weighted by Gasteiger charge is -2.12. The van der Waals surface area contributed by atoms with E-state index in [1.807, 2.05) is 0 Å². The number of aliphatic hydroxyl groups is 1. The van der Waals surface area contributed by atoms with E-state index in [0.717, 1.165) is 25.3 Å². The molecular formula is C22H45NO. The van der Waals surface area contributed by atoms with Crippen molar-refractivity contribution in [1.82, 2.24) is 0 Å². The first-order valence-corrected chi connectivity index (χ1v) is 10.8. The molecule has 0 heterocycles. The Hall–Kier alpha value is -0.340. The maximum absolute atomic E-state index is 10.0. The molecule has 0 aliphatic heterocycles. The zero-order valence-electron chi connectivity index (χ0n) is 16.6. The van der Waals surface area contributed by atoms with Crippen LogP contribution in [0.15, 0.2) is 12.2 Å². The van der Waals surface area contributed by atoms with Crippen LogP contribution < -0.4 is 5.73 Å². The summed E-state index contributed by atoms with van der Waals surface area (Å²) in [5, 5.41) is 10.0. The van der Waals surface area contributed by atoms with Gasteiger partial charge < -0.3 is 10.8 Å². The number of aliphatic hydroxyl groups excluding tert-OH is 1. The third-order valence-corrected chi connectivity index (χ3v) is 5.20. The molecule has 0 radical (unpaired) electrons. The Morgan fingerprint density at radius 2 is 1.33 bits per heavy atom. The third kappa shape index (κ3) is 16.5. The fourth-order valence-electron chi connectivity index (χ4n) is 3.29. The first-order chi connectivity index (χ1) is 11.7. The van der Waals surface area contributed by atoms with Gasteiger partial charge in [-0.2, -0.15) is 0 Å². The van der Waals surface area contributed by atoms with Gasteiger partial charge in [-0.25, -0.2) is 0 Å². The Labute approximate surface area is 152 Å². The number of unbranched alkanes of at least 4 members (excludes halogenated alkanes) is 8. The zero-order chi connectivity index (χ0) is 17.9. The van der Waals surface area contributed by atoms with Crippen LogP contribution in [0.25, 0.3) is 0 Å². The third-order valence-electron chi connectivity index (χ3n) is 5.20. The lowest BCUT2D eigenvalue weighted by atomic mass is 9.95. The molecule has 2 heteroatoms. The van der Waals surface area contributed by atoms with Crippen LogP contribution in [0.2, 0.25) is 0 Å². The fourth-order valence-corrected chi connectivity index (χ4v) is 3.29. The van der Waals surface area contributed by atoms with Crippen LogP contribution in [0.5, 0.6) is 0 Å². The summed E-state index contributed by atoms with van der Waals surface area (Å²) in [5.74, 6) is 0.915. The first kappa shape index (κ1) is 23.7. The molecule has 144 valence electrons. The molecular weight excluding hydrogens is 294 g/mol. The van der Waals surface area contributed by atoms with E-state index in [1.54, 1.807) is 0 Å². The van der Waals surface area contributed by atoms with Crippen LogP contribution in [-0.4, -0.2) is 17.8 Å². The summed E-state index contributed by atoms with van der Waals surface area (Å²) in [4.78, 5) is 0. The molecule has 0 spiro atoms. The molecule has 24 heavy (non-hydrogen) atoms. The molecule has 0 aromatic heterocycles. The Bertz CT molecular complexity index is 261. The predicted molar refractivity (Wildman–Crippen MR) is 108 cm³/mol. The molecule has 0 aromatic rings. The quantitative estimate of drug-likeness (QED) is 0.225. The van der Waals surface area contributed by atoms with Gasteiger partial charge in [-0.3, -0.25) is 0 Å². The second-order valence-electron chi connectivity index (χ2n) is 7.38. The smallest absolute Gasteiger partial charge is 0.0574 e. The number of nitrogens with two attached hydrogens (primary N) is 1. The van der Waals surface area contributed by atoms with Gasteiger partial charge in [-0.1, -0.05) is 90.2 Å². The van der Waals surface area contributed by atoms with Crippen molar-refractivity contribution in [2.75, 3.05) is 6.54 Å². The standard InChI is InChI=1S/C22H45NO/c1-3-21(4-2)17-13-12-15-19-22(24)18-14-10-8-6-5-7-9-11-16-20-23/h10,14,21-22,24H,3-9,11-13,15-20,23H2,1-2H3/b14-10-/t22-/m0/s1. The average Bonchev–Trinajstić information content (AvgIpc) is 2.59. The summed E-state index contributed by atoms with van der Waals surface area (Å²) in [6, 6.07) is 0. The molecule has 0 aliphatic carbocycles. The molecule has 0 unspecified atom stereocenters. The van der Waals surface area contributed by atoms with Crippen LogP contribution in [0.1, 0.15) is 110 Å². The summed E-state index contributed by atoms with van der Waals surface area (Å²) in [5.41, 5.74) is 5.49. The zero-order valence-corrected chi connectivity index (χ0v) is 16.6. The van der Waals surface area contributed by atoms with Crippen LogP contribution in [0, 0.1) is 5.92 Å². The number of hydrogen-bond donors (Lipinski definition) is 2. The summed E-state index contributed by atoms with van der Waals surface area (Å²) in [6.07, 6.45) is 22.8. The van der Waals surface area contributed by atoms with E-state index in [-0.39, 0.29) is 6.10 Å². The van der Waals surface area contributed by atoms with Crippen molar-refractivity contribution in [2.24, 2.45) is 11.7 Å². The summed E-state index contributed by atoms with van der Waals surface area (Å²) < 4.78 is 0. The van der Waals surface area contributed by atoms with Crippen LogP contribution in [0.4, 0.5) is 0 Å². The SMILES string of the molecule is CCC(CC)CCCCC[C@@H](O)C/C=C\CCCCCCCCN. The van der Waals surface area contributed by atoms with Crippen LogP contribution in [-0.2, 0) is 0 Å². The highest BCUT2D eigenvalue weighted by Gasteiger charge is 2.04. The van der Waals surface area contributed by atoms with Crippen molar-refractivity contribution >= 4 is 0 Å². The number of allylic oxidation sites excluding steroid dienone is 1. The second kappa shape index (κ2) is 19.0. The van der Waals surface area contributed by atoms with Gasteiger partial charge in [-0.15, -0.1) is 0 Å². The van der Waals surface area contributed by atoms with E-state index >= 15 is 0 Å². The first-order valence-electron chi connectivity index (χ1n) is 10.8. The lowest BCUT2D eigenvalue weighted by molar-refractivity contribution is 0.163. The van der Waals surface area contributed by atoms with Gasteiger partial charge in [-0.05, 0) is 44.6 Å². The topological polar surface area (TPSA) is 46.2 Å². The molecule has 1 atom stereocenters. The van der Waals surface area contributed by atoms with Crippen LogP contribution in [0.3, 0.4) is 0 Å². The Morgan fingerprint density at radius 1 is 0.750 bits per heavy atom. The normalized spacial score (nSPS) is 13.2. The number of hydrogen-bond acceptors (Lipinski definition) is 2. The van der Waals surface area contributed by atoms with Gasteiger partial charge in [0.25, 0.3) is 0 Å². The molecule has 0 bridgehead atoms. The molecule has 0 fully saturated rings. The van der Waals surface area contributed by atoms with E-state index < -0.39 is 0 Å². The number of rotatable bonds is 18. The molecule has 0 saturated carbocycles. The molecule has 0 aliphatic rings. The van der Waals surface area contributed by atoms with E-state index in [9.17, 15) is 5.11 Å². The Balaban J connectivity index is 3.34. The molecule has 0 saturated heterocycles. The van der Waals surface area contributed by atoms with Crippen LogP contribution >= 0.6 is 0 Å². The molecule has 3 N–H and O–H groups in total. The van der Waals surface area contributed by atoms with Gasteiger partial charge in [0.05, 0.1) is 6.10 Å². The highest BCUT2D eigenvalue weighted by atomic mass is 16.3. The van der Waals surface area contributed by atoms with E-state index in [1.165, 1.54) is 83.5 Å². The largest absolute Gasteiger partial charge is 0.393 e. The van der Waals surface area contributed by atoms with Crippen molar-refractivity contribution in [1.29, 1.82) is 0 Å². The maximum Gasteiger partial charge on any atom is 0.0574 e. The van der Waals surface area contributed by atoms with E-state index in [4.69, 9.17) is 5.73 Å². The van der Waals surface area contributed by atoms with Gasteiger partial charge in [0.1, 0.15) is 0 Å². The van der Waals surface area contributed by atoms with Crippen molar-refractivity contribution in [3.63, 3.8) is 0 Å². The summed E-state index contributed by atoms with van der Waals surface area (Å²) >= 11 is 0. The molecule has 0 aromatic carbocycles. The second-order valence-corrected chi connectivity index (χ2v) is 7.38. The highest BCUT2D eigenvalue weighted by molar-refractivity contribution is 4.84. The molecule has 0 amide bonds. The van der Waals surface area contributed by atoms with Crippen molar-refractivity contribution in [3.05, 3.63) is 12.2 Å². The fraction of sp³-hybridized carbons (Fsp3) is 0.909. The van der Waals surface area contributed by atoms with Gasteiger partial charge >= 0.3 is 0 Å². The van der Waals surface area contributed by atoms with Crippen molar-refractivity contribution in [2.45, 2.75) is 116 Å². The Kier molecular flexibility index (Phi) is 18.7. The minimum Gasteiger partial charge on any atom is -0.393 e. The van der Waals surface area contributed by atoms with Crippen molar-refractivity contribution < 1.29 is 5.11 Å². The maximum atomic E-state index is 10.0. The molecule has 2 nitrogen and oxygen atoms in total. The minimum absolute atomic E-state index is 0.134. The van der Waals surface area contributed by atoms with Crippen molar-refractivity contribution in [3.8, 4) is 0 Å². The lowest BCUT2D eigenvalue weighted by Crippen LogP contribution is -2.04. The Morgan fingerprint density at radius 3 is 2.00 bits per heavy atom. The molecule has 0 rings (SSSR count). The van der Waals surface area contributed by atoms with E-state index in [2.05, 4.69) is 26.0 Å². The predicted octanol–water partition coefficient (Wildman–Crippen LogP) is 6.37. The highest BCUT2D eigenvalue weighted by Crippen LogP contribution is 2.18. The summed E-state index contributed by atoms with van der Waals surface area (Å²) in [7, 11) is 0.